The van der Waals surface area contributed by atoms with E-state index in [0.29, 0.717) is 0 Å². The zero-order chi connectivity index (χ0) is 10.6. The number of hydrogen-bond acceptors (Lipinski definition) is 3. The third-order valence-electron chi connectivity index (χ3n) is 2.17. The topological polar surface area (TPSA) is 30.5 Å². The van der Waals surface area contributed by atoms with Gasteiger partial charge in [-0.15, -0.1) is 0 Å². The Bertz CT molecular complexity index is 97.5. The molecule has 0 heterocycles. The van der Waals surface area contributed by atoms with Crippen molar-refractivity contribution < 1.29 is 9.47 Å². The SMILES string of the molecule is CCOCCCC(C)CNCCOC. The molecular formula is C11H25NO2. The summed E-state index contributed by atoms with van der Waals surface area (Å²) in [5.74, 6) is 0.729. The fourth-order valence-electron chi connectivity index (χ4n) is 1.30. The lowest BCUT2D eigenvalue weighted by molar-refractivity contribution is 0.139. The van der Waals surface area contributed by atoms with Crippen molar-refractivity contribution in [3.63, 3.8) is 0 Å². The van der Waals surface area contributed by atoms with Crippen LogP contribution in [-0.4, -0.2) is 40.0 Å². The second-order valence-electron chi connectivity index (χ2n) is 3.64. The Labute approximate surface area is 88.2 Å². The molecule has 0 aromatic heterocycles. The average molecular weight is 203 g/mol. The first kappa shape index (κ1) is 13.9. The van der Waals surface area contributed by atoms with E-state index in [1.165, 1.54) is 12.8 Å². The summed E-state index contributed by atoms with van der Waals surface area (Å²) in [5.41, 5.74) is 0. The number of methoxy groups -OCH3 is 1. The van der Waals surface area contributed by atoms with E-state index >= 15 is 0 Å². The Morgan fingerprint density at radius 3 is 2.71 bits per heavy atom. The van der Waals surface area contributed by atoms with Crippen molar-refractivity contribution in [3.05, 3.63) is 0 Å². The van der Waals surface area contributed by atoms with Crippen LogP contribution in [0.4, 0.5) is 0 Å². The molecule has 0 aromatic rings. The van der Waals surface area contributed by atoms with E-state index in [9.17, 15) is 0 Å². The number of rotatable bonds is 10. The van der Waals surface area contributed by atoms with Crippen LogP contribution in [0.5, 0.6) is 0 Å². The predicted molar refractivity (Wildman–Crippen MR) is 59.6 cm³/mol. The first-order valence-electron chi connectivity index (χ1n) is 5.58. The minimum Gasteiger partial charge on any atom is -0.383 e. The molecule has 3 nitrogen and oxygen atoms in total. The van der Waals surface area contributed by atoms with Crippen LogP contribution in [0.1, 0.15) is 26.7 Å². The van der Waals surface area contributed by atoms with Crippen LogP contribution in [0.3, 0.4) is 0 Å². The van der Waals surface area contributed by atoms with E-state index < -0.39 is 0 Å². The number of hydrogen-bond donors (Lipinski definition) is 1. The lowest BCUT2D eigenvalue weighted by Gasteiger charge is -2.12. The van der Waals surface area contributed by atoms with Gasteiger partial charge in [0.25, 0.3) is 0 Å². The van der Waals surface area contributed by atoms with E-state index in [0.717, 1.165) is 38.8 Å². The zero-order valence-electron chi connectivity index (χ0n) is 9.84. The molecule has 0 rings (SSSR count). The Hall–Kier alpha value is -0.120. The van der Waals surface area contributed by atoms with Crippen LogP contribution >= 0.6 is 0 Å². The van der Waals surface area contributed by atoms with Crippen LogP contribution in [0.25, 0.3) is 0 Å². The molecule has 0 saturated carbocycles. The molecule has 1 N–H and O–H groups in total. The summed E-state index contributed by atoms with van der Waals surface area (Å²) in [4.78, 5) is 0. The molecule has 0 radical (unpaired) electrons. The van der Waals surface area contributed by atoms with E-state index in [1.807, 2.05) is 6.92 Å². The average Bonchev–Trinajstić information content (AvgIpc) is 2.19. The largest absolute Gasteiger partial charge is 0.383 e. The number of ether oxygens (including phenoxy) is 2. The lowest BCUT2D eigenvalue weighted by atomic mass is 10.1. The Morgan fingerprint density at radius 2 is 2.07 bits per heavy atom. The normalized spacial score (nSPS) is 13.1. The van der Waals surface area contributed by atoms with E-state index in [1.54, 1.807) is 7.11 Å². The number of nitrogens with one attached hydrogen (secondary N) is 1. The molecule has 3 heteroatoms. The Balaban J connectivity index is 3.07. The van der Waals surface area contributed by atoms with Crippen LogP contribution in [0.15, 0.2) is 0 Å². The highest BCUT2D eigenvalue weighted by Crippen LogP contribution is 2.03. The smallest absolute Gasteiger partial charge is 0.0587 e. The Kier molecular flexibility index (Phi) is 10.9. The lowest BCUT2D eigenvalue weighted by Crippen LogP contribution is -2.24. The van der Waals surface area contributed by atoms with Crippen LogP contribution < -0.4 is 5.32 Å². The molecular weight excluding hydrogens is 178 g/mol. The molecule has 0 spiro atoms. The van der Waals surface area contributed by atoms with Crippen LogP contribution in [0.2, 0.25) is 0 Å². The summed E-state index contributed by atoms with van der Waals surface area (Å²) in [6, 6.07) is 0. The summed E-state index contributed by atoms with van der Waals surface area (Å²) in [6.07, 6.45) is 2.40. The highest BCUT2D eigenvalue weighted by atomic mass is 16.5. The van der Waals surface area contributed by atoms with Crippen molar-refractivity contribution in [1.29, 1.82) is 0 Å². The van der Waals surface area contributed by atoms with Crippen molar-refractivity contribution in [2.24, 2.45) is 5.92 Å². The summed E-state index contributed by atoms with van der Waals surface area (Å²) in [7, 11) is 1.73. The van der Waals surface area contributed by atoms with E-state index in [-0.39, 0.29) is 0 Å². The second-order valence-corrected chi connectivity index (χ2v) is 3.64. The van der Waals surface area contributed by atoms with Gasteiger partial charge in [0.1, 0.15) is 0 Å². The maximum atomic E-state index is 5.29. The van der Waals surface area contributed by atoms with Gasteiger partial charge in [0.2, 0.25) is 0 Å². The van der Waals surface area contributed by atoms with Gasteiger partial charge in [0.15, 0.2) is 0 Å². The molecule has 86 valence electrons. The quantitative estimate of drug-likeness (QED) is 0.548. The second kappa shape index (κ2) is 11.0. The van der Waals surface area contributed by atoms with E-state index in [4.69, 9.17) is 9.47 Å². The molecule has 0 bridgehead atoms. The van der Waals surface area contributed by atoms with Gasteiger partial charge in [-0.2, -0.15) is 0 Å². The highest BCUT2D eigenvalue weighted by Gasteiger charge is 2.00. The molecule has 1 unspecified atom stereocenters. The van der Waals surface area contributed by atoms with Gasteiger partial charge in [0.05, 0.1) is 6.61 Å². The summed E-state index contributed by atoms with van der Waals surface area (Å²) >= 11 is 0. The van der Waals surface area contributed by atoms with Crippen molar-refractivity contribution in [1.82, 2.24) is 5.32 Å². The van der Waals surface area contributed by atoms with Crippen LogP contribution in [0, 0.1) is 5.92 Å². The fraction of sp³-hybridized carbons (Fsp3) is 1.00. The van der Waals surface area contributed by atoms with Gasteiger partial charge >= 0.3 is 0 Å². The van der Waals surface area contributed by atoms with Gasteiger partial charge in [-0.3, -0.25) is 0 Å². The van der Waals surface area contributed by atoms with Crippen molar-refractivity contribution in [3.8, 4) is 0 Å². The third kappa shape index (κ3) is 9.96. The van der Waals surface area contributed by atoms with Crippen molar-refractivity contribution in [2.45, 2.75) is 26.7 Å². The summed E-state index contributed by atoms with van der Waals surface area (Å²) < 4.78 is 10.2. The molecule has 0 aliphatic carbocycles. The minimum atomic E-state index is 0.729. The maximum absolute atomic E-state index is 5.29. The monoisotopic (exact) mass is 203 g/mol. The first-order chi connectivity index (χ1) is 6.81. The molecule has 1 atom stereocenters. The zero-order valence-corrected chi connectivity index (χ0v) is 9.84. The first-order valence-corrected chi connectivity index (χ1v) is 5.58. The van der Waals surface area contributed by atoms with Gasteiger partial charge in [-0.1, -0.05) is 6.92 Å². The molecule has 0 aliphatic heterocycles. The predicted octanol–water partition coefficient (Wildman–Crippen LogP) is 1.68. The van der Waals surface area contributed by atoms with E-state index in [2.05, 4.69) is 12.2 Å². The maximum Gasteiger partial charge on any atom is 0.0587 e. The van der Waals surface area contributed by atoms with Crippen LogP contribution in [-0.2, 0) is 9.47 Å². The molecule has 0 fully saturated rings. The fourth-order valence-corrected chi connectivity index (χ4v) is 1.30. The molecule has 0 saturated heterocycles. The van der Waals surface area contributed by atoms with Gasteiger partial charge in [-0.05, 0) is 32.2 Å². The van der Waals surface area contributed by atoms with Gasteiger partial charge < -0.3 is 14.8 Å². The molecule has 0 aromatic carbocycles. The third-order valence-corrected chi connectivity index (χ3v) is 2.17. The minimum absolute atomic E-state index is 0.729. The summed E-state index contributed by atoms with van der Waals surface area (Å²) in [6.45, 7) is 8.87. The highest BCUT2D eigenvalue weighted by molar-refractivity contribution is 4.56. The van der Waals surface area contributed by atoms with Gasteiger partial charge in [-0.25, -0.2) is 0 Å². The molecule has 0 amide bonds. The Morgan fingerprint density at radius 1 is 1.29 bits per heavy atom. The summed E-state index contributed by atoms with van der Waals surface area (Å²) in [5, 5.41) is 3.36. The standard InChI is InChI=1S/C11H25NO2/c1-4-14-8-5-6-11(2)10-12-7-9-13-3/h11-12H,4-10H2,1-3H3. The molecule has 14 heavy (non-hydrogen) atoms. The van der Waals surface area contributed by atoms with Crippen molar-refractivity contribution >= 4 is 0 Å². The van der Waals surface area contributed by atoms with Gasteiger partial charge in [0, 0.05) is 26.9 Å². The van der Waals surface area contributed by atoms with Crippen molar-refractivity contribution in [2.75, 3.05) is 40.0 Å². The molecule has 0 aliphatic rings.